The van der Waals surface area contributed by atoms with Gasteiger partial charge in [-0.05, 0) is 77.6 Å². The van der Waals surface area contributed by atoms with Crippen LogP contribution in [0.1, 0.15) is 55.5 Å². The summed E-state index contributed by atoms with van der Waals surface area (Å²) >= 11 is 0. The Morgan fingerprint density at radius 1 is 0.884 bits per heavy atom. The summed E-state index contributed by atoms with van der Waals surface area (Å²) in [5.74, 6) is 0.515. The number of urea groups is 1. The predicted molar refractivity (Wildman–Crippen MR) is 172 cm³/mol. The Morgan fingerprint density at radius 2 is 1.56 bits per heavy atom. The number of nitrogens with one attached hydrogen (secondary N) is 4. The molecule has 6 N–H and O–H groups in total. The molecule has 2 heterocycles. The van der Waals surface area contributed by atoms with Crippen LogP contribution >= 0.6 is 0 Å². The highest BCUT2D eigenvalue weighted by Crippen LogP contribution is 2.30. The number of nitrogen functional groups attached to an aromatic ring is 1. The molecular weight excluding hydrogens is 560 g/mol. The lowest BCUT2D eigenvalue weighted by molar-refractivity contribution is 0.252. The third-order valence-electron chi connectivity index (χ3n) is 7.50. The van der Waals surface area contributed by atoms with Gasteiger partial charge in [0, 0.05) is 24.5 Å². The van der Waals surface area contributed by atoms with E-state index in [2.05, 4.69) is 62.9 Å². The van der Waals surface area contributed by atoms with Gasteiger partial charge in [0.05, 0.1) is 16.6 Å². The molecule has 0 radical (unpaired) electrons. The topological polar surface area (TPSA) is 138 Å². The van der Waals surface area contributed by atoms with Gasteiger partial charge in [-0.2, -0.15) is 0 Å². The lowest BCUT2D eigenvalue weighted by atomic mass is 9.93. The van der Waals surface area contributed by atoms with E-state index in [1.165, 1.54) is 17.7 Å². The second kappa shape index (κ2) is 13.7. The molecule has 0 fully saturated rings. The summed E-state index contributed by atoms with van der Waals surface area (Å²) in [6.07, 6.45) is 5.22. The van der Waals surface area contributed by atoms with Crippen LogP contribution in [-0.2, 0) is 16.4 Å². The number of anilines is 3. The summed E-state index contributed by atoms with van der Waals surface area (Å²) in [5.41, 5.74) is 12.2. The number of pyridine rings is 1. The van der Waals surface area contributed by atoms with E-state index in [1.54, 1.807) is 24.3 Å². The monoisotopic (exact) mass is 598 g/mol. The molecule has 5 rings (SSSR count). The molecule has 0 bridgehead atoms. The van der Waals surface area contributed by atoms with Crippen molar-refractivity contribution in [3.8, 4) is 11.1 Å². The number of rotatable bonds is 11. The molecule has 10 heteroatoms. The van der Waals surface area contributed by atoms with Crippen LogP contribution in [-0.4, -0.2) is 32.5 Å². The van der Waals surface area contributed by atoms with Gasteiger partial charge in [0.15, 0.2) is 0 Å². The minimum atomic E-state index is -3.80. The molecule has 1 aromatic heterocycles. The van der Waals surface area contributed by atoms with Crippen molar-refractivity contribution < 1.29 is 13.2 Å². The molecule has 0 aliphatic carbocycles. The summed E-state index contributed by atoms with van der Waals surface area (Å²) in [6, 6.07) is 25.2. The second-order valence-electron chi connectivity index (χ2n) is 10.7. The molecule has 1 unspecified atom stereocenters. The van der Waals surface area contributed by atoms with Gasteiger partial charge >= 0.3 is 6.03 Å². The van der Waals surface area contributed by atoms with Crippen molar-refractivity contribution in [3.63, 3.8) is 0 Å². The number of carbonyl (C=O) groups excluding carboxylic acids is 1. The fraction of sp³-hybridized carbons (Fsp3) is 0.273. The summed E-state index contributed by atoms with van der Waals surface area (Å²) in [7, 11) is -3.80. The maximum absolute atomic E-state index is 13.0. The third kappa shape index (κ3) is 7.71. The minimum Gasteiger partial charge on any atom is -0.384 e. The first-order valence-electron chi connectivity index (χ1n) is 14.7. The SMILES string of the molecule is CCCCCCNC(=O)Nc1ccc(S(=O)(=O)Nc2ccc(-c3ccc(C4NCCc5ccc(N)nc54)cc3)cc2)cc1. The molecule has 4 aromatic rings. The van der Waals surface area contributed by atoms with E-state index in [0.29, 0.717) is 23.7 Å². The Kier molecular flexibility index (Phi) is 9.58. The van der Waals surface area contributed by atoms with E-state index in [4.69, 9.17) is 5.73 Å². The lowest BCUT2D eigenvalue weighted by Gasteiger charge is -2.26. The number of carbonyl (C=O) groups is 1. The van der Waals surface area contributed by atoms with Gasteiger partial charge in [0.2, 0.25) is 0 Å². The Bertz CT molecular complexity index is 1640. The zero-order valence-corrected chi connectivity index (χ0v) is 25.1. The van der Waals surface area contributed by atoms with Gasteiger partial charge in [0.25, 0.3) is 10.0 Å². The highest BCUT2D eigenvalue weighted by Gasteiger charge is 2.23. The quantitative estimate of drug-likeness (QED) is 0.133. The molecule has 0 saturated carbocycles. The Morgan fingerprint density at radius 3 is 2.26 bits per heavy atom. The summed E-state index contributed by atoms with van der Waals surface area (Å²) < 4.78 is 28.6. The van der Waals surface area contributed by atoms with E-state index in [1.807, 2.05) is 18.2 Å². The van der Waals surface area contributed by atoms with E-state index >= 15 is 0 Å². The van der Waals surface area contributed by atoms with Gasteiger partial charge in [-0.3, -0.25) is 4.72 Å². The molecule has 43 heavy (non-hydrogen) atoms. The van der Waals surface area contributed by atoms with E-state index in [9.17, 15) is 13.2 Å². The zero-order valence-electron chi connectivity index (χ0n) is 24.3. The zero-order chi connectivity index (χ0) is 30.2. The van der Waals surface area contributed by atoms with E-state index in [-0.39, 0.29) is 17.0 Å². The van der Waals surface area contributed by atoms with Gasteiger partial charge in [-0.1, -0.05) is 68.7 Å². The molecule has 3 aromatic carbocycles. The molecular formula is C33H38N6O3S. The fourth-order valence-electron chi connectivity index (χ4n) is 5.16. The van der Waals surface area contributed by atoms with Crippen molar-refractivity contribution in [3.05, 3.63) is 102 Å². The van der Waals surface area contributed by atoms with Crippen LogP contribution in [0, 0.1) is 0 Å². The van der Waals surface area contributed by atoms with Crippen molar-refractivity contribution >= 4 is 33.2 Å². The van der Waals surface area contributed by atoms with Crippen molar-refractivity contribution in [2.45, 2.75) is 50.0 Å². The fourth-order valence-corrected chi connectivity index (χ4v) is 6.22. The normalized spacial score (nSPS) is 14.5. The van der Waals surface area contributed by atoms with Gasteiger partial charge in [-0.15, -0.1) is 0 Å². The van der Waals surface area contributed by atoms with Gasteiger partial charge in [0.1, 0.15) is 5.82 Å². The number of aromatic nitrogens is 1. The molecule has 9 nitrogen and oxygen atoms in total. The predicted octanol–water partition coefficient (Wildman–Crippen LogP) is 6.07. The van der Waals surface area contributed by atoms with Crippen LogP contribution in [0.5, 0.6) is 0 Å². The van der Waals surface area contributed by atoms with Crippen LogP contribution in [0.2, 0.25) is 0 Å². The molecule has 2 amide bonds. The summed E-state index contributed by atoms with van der Waals surface area (Å²) in [4.78, 5) is 16.8. The smallest absolute Gasteiger partial charge is 0.319 e. The van der Waals surface area contributed by atoms with Crippen LogP contribution in [0.4, 0.5) is 22.0 Å². The largest absolute Gasteiger partial charge is 0.384 e. The first-order valence-corrected chi connectivity index (χ1v) is 16.2. The number of benzene rings is 3. The number of nitrogens with two attached hydrogens (primary N) is 1. The molecule has 0 spiro atoms. The number of amides is 2. The highest BCUT2D eigenvalue weighted by atomic mass is 32.2. The molecule has 1 aliphatic heterocycles. The highest BCUT2D eigenvalue weighted by molar-refractivity contribution is 7.92. The number of sulfonamides is 1. The van der Waals surface area contributed by atoms with Crippen LogP contribution < -0.4 is 26.4 Å². The number of hydrogen-bond acceptors (Lipinski definition) is 6. The van der Waals surface area contributed by atoms with Crippen molar-refractivity contribution in [2.75, 3.05) is 28.9 Å². The standard InChI is InChI=1S/C33H38N6O3S/c1-2-3-4-5-21-36-33(40)37-27-15-17-29(18-16-27)43(41,42)39-28-13-10-24(11-14-28)23-6-8-25(9-7-23)31-32-26(20-22-35-31)12-19-30(34)38-32/h6-19,31,35,39H,2-5,20-22H2,1H3,(H2,34,38)(H2,36,37,40). The number of hydrogen-bond donors (Lipinski definition) is 5. The first kappa shape index (κ1) is 30.1. The third-order valence-corrected chi connectivity index (χ3v) is 8.90. The van der Waals surface area contributed by atoms with E-state index < -0.39 is 10.0 Å². The van der Waals surface area contributed by atoms with Crippen molar-refractivity contribution in [2.24, 2.45) is 0 Å². The minimum absolute atomic E-state index is 0.0135. The maximum Gasteiger partial charge on any atom is 0.319 e. The van der Waals surface area contributed by atoms with Gasteiger partial charge in [-0.25, -0.2) is 18.2 Å². The first-order chi connectivity index (χ1) is 20.8. The molecule has 0 saturated heterocycles. The van der Waals surface area contributed by atoms with Crippen molar-refractivity contribution in [1.82, 2.24) is 15.6 Å². The maximum atomic E-state index is 13.0. The molecule has 1 atom stereocenters. The lowest BCUT2D eigenvalue weighted by Crippen LogP contribution is -2.31. The summed E-state index contributed by atoms with van der Waals surface area (Å²) in [5, 5.41) is 9.09. The molecule has 224 valence electrons. The molecule has 1 aliphatic rings. The Balaban J connectivity index is 1.18. The van der Waals surface area contributed by atoms with Crippen LogP contribution in [0.15, 0.2) is 89.8 Å². The number of nitrogens with zero attached hydrogens (tertiary/aromatic N) is 1. The Hall–Kier alpha value is -4.41. The van der Waals surface area contributed by atoms with Crippen LogP contribution in [0.25, 0.3) is 11.1 Å². The van der Waals surface area contributed by atoms with E-state index in [0.717, 1.165) is 61.0 Å². The van der Waals surface area contributed by atoms with Gasteiger partial charge < -0.3 is 21.7 Å². The summed E-state index contributed by atoms with van der Waals surface area (Å²) in [6.45, 7) is 3.62. The van der Waals surface area contributed by atoms with Crippen molar-refractivity contribution in [1.29, 1.82) is 0 Å². The number of fused-ring (bicyclic) bond motifs is 1. The van der Waals surface area contributed by atoms with Crippen LogP contribution in [0.3, 0.4) is 0 Å². The average Bonchev–Trinajstić information content (AvgIpc) is 3.01. The number of unbranched alkanes of at least 4 members (excludes halogenated alkanes) is 3. The second-order valence-corrected chi connectivity index (χ2v) is 12.4. The average molecular weight is 599 g/mol. The Labute approximate surface area is 253 Å².